The van der Waals surface area contributed by atoms with E-state index in [0.29, 0.717) is 6.42 Å². The predicted molar refractivity (Wildman–Crippen MR) is 88.0 cm³/mol. The Morgan fingerprint density at radius 3 is 1.80 bits per heavy atom. The fraction of sp³-hybridized carbons (Fsp3) is 0.938. The molecule has 0 spiro atoms. The van der Waals surface area contributed by atoms with Crippen molar-refractivity contribution in [2.75, 3.05) is 0 Å². The third-order valence-corrected chi connectivity index (χ3v) is 4.77. The standard InChI is InChI=1S/C16H30Cl2O2/c1-2-3-4-8-11-14(17)15(18)12-9-6-5-7-10-13-16(19)20/h14-15H,2-13H2,1H3,(H,19,20)/t14-,15-/m0/s1. The van der Waals surface area contributed by atoms with Crippen LogP contribution >= 0.6 is 23.2 Å². The fourth-order valence-corrected chi connectivity index (χ4v) is 2.83. The first kappa shape index (κ1) is 20.1. The second kappa shape index (κ2) is 14.0. The van der Waals surface area contributed by atoms with Crippen LogP contribution in [0.2, 0.25) is 0 Å². The Morgan fingerprint density at radius 2 is 1.30 bits per heavy atom. The third-order valence-electron chi connectivity index (χ3n) is 3.60. The lowest BCUT2D eigenvalue weighted by Crippen LogP contribution is -2.14. The molecular formula is C16H30Cl2O2. The molecule has 0 bridgehead atoms. The van der Waals surface area contributed by atoms with Gasteiger partial charge in [0.2, 0.25) is 0 Å². The fourth-order valence-electron chi connectivity index (χ4n) is 2.27. The Hall–Kier alpha value is 0.0500. The molecule has 0 amide bonds. The van der Waals surface area contributed by atoms with Gasteiger partial charge in [0.15, 0.2) is 0 Å². The zero-order chi connectivity index (χ0) is 15.2. The lowest BCUT2D eigenvalue weighted by Gasteiger charge is -2.15. The van der Waals surface area contributed by atoms with E-state index in [9.17, 15) is 4.79 Å². The summed E-state index contributed by atoms with van der Waals surface area (Å²) in [6, 6.07) is 0. The summed E-state index contributed by atoms with van der Waals surface area (Å²) in [5.41, 5.74) is 0. The number of carbonyl (C=O) groups is 1. The van der Waals surface area contributed by atoms with Crippen LogP contribution in [0.15, 0.2) is 0 Å². The summed E-state index contributed by atoms with van der Waals surface area (Å²) >= 11 is 12.6. The number of halogens is 2. The molecule has 0 heterocycles. The van der Waals surface area contributed by atoms with Crippen LogP contribution in [0.3, 0.4) is 0 Å². The molecule has 0 aliphatic carbocycles. The van der Waals surface area contributed by atoms with Crippen LogP contribution < -0.4 is 0 Å². The van der Waals surface area contributed by atoms with Crippen LogP contribution in [0.5, 0.6) is 0 Å². The van der Waals surface area contributed by atoms with E-state index in [0.717, 1.165) is 44.9 Å². The normalized spacial score (nSPS) is 14.2. The Balaban J connectivity index is 3.38. The van der Waals surface area contributed by atoms with E-state index in [-0.39, 0.29) is 10.8 Å². The first-order chi connectivity index (χ1) is 9.57. The first-order valence-electron chi connectivity index (χ1n) is 8.07. The van der Waals surface area contributed by atoms with Gasteiger partial charge < -0.3 is 5.11 Å². The van der Waals surface area contributed by atoms with Crippen LogP contribution in [-0.4, -0.2) is 21.8 Å². The second-order valence-electron chi connectivity index (χ2n) is 5.58. The van der Waals surface area contributed by atoms with Crippen LogP contribution in [0.1, 0.15) is 84.0 Å². The topological polar surface area (TPSA) is 37.3 Å². The number of aliphatic carboxylic acids is 1. The van der Waals surface area contributed by atoms with Crippen molar-refractivity contribution < 1.29 is 9.90 Å². The number of hydrogen-bond acceptors (Lipinski definition) is 1. The molecule has 0 radical (unpaired) electrons. The molecule has 120 valence electrons. The van der Waals surface area contributed by atoms with Crippen LogP contribution in [0.4, 0.5) is 0 Å². The van der Waals surface area contributed by atoms with E-state index in [1.165, 1.54) is 25.7 Å². The predicted octanol–water partition coefficient (Wildman–Crippen LogP) is 5.99. The van der Waals surface area contributed by atoms with E-state index in [1.54, 1.807) is 0 Å². The molecule has 0 fully saturated rings. The number of alkyl halides is 2. The van der Waals surface area contributed by atoms with E-state index in [4.69, 9.17) is 28.3 Å². The van der Waals surface area contributed by atoms with Gasteiger partial charge in [-0.25, -0.2) is 0 Å². The zero-order valence-electron chi connectivity index (χ0n) is 12.8. The van der Waals surface area contributed by atoms with Crippen LogP contribution in [0.25, 0.3) is 0 Å². The van der Waals surface area contributed by atoms with E-state index < -0.39 is 5.97 Å². The van der Waals surface area contributed by atoms with Gasteiger partial charge in [-0.05, 0) is 19.3 Å². The Kier molecular flexibility index (Phi) is 14.0. The number of unbranched alkanes of at least 4 members (excludes halogenated alkanes) is 7. The highest BCUT2D eigenvalue weighted by Crippen LogP contribution is 2.22. The first-order valence-corrected chi connectivity index (χ1v) is 8.95. The maximum absolute atomic E-state index is 10.3. The SMILES string of the molecule is CCCCCC[C@H](Cl)[C@@H](Cl)CCCCCCCC(=O)O. The summed E-state index contributed by atoms with van der Waals surface area (Å²) in [7, 11) is 0. The maximum Gasteiger partial charge on any atom is 0.303 e. The minimum atomic E-state index is -0.695. The molecule has 0 aliphatic rings. The third kappa shape index (κ3) is 13.1. The molecule has 20 heavy (non-hydrogen) atoms. The molecule has 4 heteroatoms. The quantitative estimate of drug-likeness (QED) is 0.315. The average Bonchev–Trinajstić information content (AvgIpc) is 2.41. The molecule has 0 rings (SSSR count). The summed E-state index contributed by atoms with van der Waals surface area (Å²) in [4.78, 5) is 10.3. The van der Waals surface area contributed by atoms with Crippen molar-refractivity contribution >= 4 is 29.2 Å². The minimum Gasteiger partial charge on any atom is -0.481 e. The molecule has 1 N–H and O–H groups in total. The molecule has 0 aromatic rings. The summed E-state index contributed by atoms with van der Waals surface area (Å²) in [5.74, 6) is -0.695. The van der Waals surface area contributed by atoms with Crippen molar-refractivity contribution in [2.45, 2.75) is 94.7 Å². The van der Waals surface area contributed by atoms with Gasteiger partial charge in [0.25, 0.3) is 0 Å². The molecule has 2 nitrogen and oxygen atoms in total. The van der Waals surface area contributed by atoms with Gasteiger partial charge >= 0.3 is 5.97 Å². The van der Waals surface area contributed by atoms with Gasteiger partial charge in [-0.1, -0.05) is 58.3 Å². The average molecular weight is 325 g/mol. The Bertz CT molecular complexity index is 235. The van der Waals surface area contributed by atoms with Gasteiger partial charge in [0.1, 0.15) is 0 Å². The van der Waals surface area contributed by atoms with Gasteiger partial charge in [-0.2, -0.15) is 0 Å². The molecule has 0 saturated heterocycles. The summed E-state index contributed by atoms with van der Waals surface area (Å²) < 4.78 is 0. The van der Waals surface area contributed by atoms with E-state index in [1.807, 2.05) is 0 Å². The van der Waals surface area contributed by atoms with Crippen LogP contribution in [0, 0.1) is 0 Å². The largest absolute Gasteiger partial charge is 0.481 e. The van der Waals surface area contributed by atoms with Crippen molar-refractivity contribution in [3.05, 3.63) is 0 Å². The summed E-state index contributed by atoms with van der Waals surface area (Å²) in [6.45, 7) is 2.21. The Morgan fingerprint density at radius 1 is 0.850 bits per heavy atom. The zero-order valence-corrected chi connectivity index (χ0v) is 14.3. The highest BCUT2D eigenvalue weighted by atomic mass is 35.5. The lowest BCUT2D eigenvalue weighted by molar-refractivity contribution is -0.137. The Labute approximate surface area is 134 Å². The second-order valence-corrected chi connectivity index (χ2v) is 6.70. The van der Waals surface area contributed by atoms with Crippen LogP contribution in [-0.2, 0) is 4.79 Å². The highest BCUT2D eigenvalue weighted by molar-refractivity contribution is 6.29. The number of carboxylic acid groups (broad SMARTS) is 1. The lowest BCUT2D eigenvalue weighted by atomic mass is 10.0. The van der Waals surface area contributed by atoms with Gasteiger partial charge in [-0.15, -0.1) is 23.2 Å². The molecule has 0 unspecified atom stereocenters. The van der Waals surface area contributed by atoms with E-state index >= 15 is 0 Å². The molecule has 0 aliphatic heterocycles. The minimum absolute atomic E-state index is 0.0808. The highest BCUT2D eigenvalue weighted by Gasteiger charge is 2.15. The molecule has 2 atom stereocenters. The van der Waals surface area contributed by atoms with Crippen molar-refractivity contribution in [1.29, 1.82) is 0 Å². The van der Waals surface area contributed by atoms with Gasteiger partial charge in [0, 0.05) is 17.2 Å². The molecule has 0 aromatic heterocycles. The maximum atomic E-state index is 10.3. The van der Waals surface area contributed by atoms with Crippen molar-refractivity contribution in [3.63, 3.8) is 0 Å². The smallest absolute Gasteiger partial charge is 0.303 e. The van der Waals surface area contributed by atoms with Gasteiger partial charge in [0.05, 0.1) is 0 Å². The number of carboxylic acids is 1. The summed E-state index contributed by atoms with van der Waals surface area (Å²) in [6.07, 6.45) is 12.4. The van der Waals surface area contributed by atoms with E-state index in [2.05, 4.69) is 6.92 Å². The number of hydrogen-bond donors (Lipinski definition) is 1. The van der Waals surface area contributed by atoms with Crippen molar-refractivity contribution in [1.82, 2.24) is 0 Å². The monoisotopic (exact) mass is 324 g/mol. The van der Waals surface area contributed by atoms with Gasteiger partial charge in [-0.3, -0.25) is 4.79 Å². The molecule has 0 aromatic carbocycles. The van der Waals surface area contributed by atoms with Crippen molar-refractivity contribution in [3.8, 4) is 0 Å². The molecular weight excluding hydrogens is 295 g/mol. The summed E-state index contributed by atoms with van der Waals surface area (Å²) in [5, 5.41) is 8.70. The molecule has 0 saturated carbocycles. The number of rotatable bonds is 14. The van der Waals surface area contributed by atoms with Crippen molar-refractivity contribution in [2.24, 2.45) is 0 Å².